The molecule has 122 valence electrons. The number of nitrogens with one attached hydrogen (secondary N) is 1. The Bertz CT molecular complexity index is 779. The van der Waals surface area contributed by atoms with Crippen molar-refractivity contribution in [3.05, 3.63) is 51.4 Å². The van der Waals surface area contributed by atoms with Crippen molar-refractivity contribution < 1.29 is 19.1 Å². The van der Waals surface area contributed by atoms with Crippen molar-refractivity contribution in [1.82, 2.24) is 0 Å². The number of carboxylic acid groups (broad SMARTS) is 1. The minimum atomic E-state index is -1.14. The Hall–Kier alpha value is -2.27. The molecule has 1 aromatic carbocycles. The van der Waals surface area contributed by atoms with Crippen LogP contribution in [0.1, 0.15) is 46.0 Å². The lowest BCUT2D eigenvalue weighted by molar-refractivity contribution is -0.138. The summed E-state index contributed by atoms with van der Waals surface area (Å²) in [6.07, 6.45) is 0. The number of furan rings is 1. The minimum Gasteiger partial charge on any atom is -0.479 e. The topological polar surface area (TPSA) is 79.5 Å². The maximum Gasteiger partial charge on any atom is 0.334 e. The van der Waals surface area contributed by atoms with Gasteiger partial charge < -0.3 is 14.8 Å². The van der Waals surface area contributed by atoms with Crippen molar-refractivity contribution in [2.75, 3.05) is 5.32 Å². The van der Waals surface area contributed by atoms with Gasteiger partial charge in [-0.25, -0.2) is 4.79 Å². The lowest BCUT2D eigenvalue weighted by atomic mass is 10.0. The number of aryl methyl sites for hydroxylation is 2. The van der Waals surface area contributed by atoms with Gasteiger partial charge in [0.1, 0.15) is 11.5 Å². The normalized spacial score (nSPS) is 12.0. The number of carboxylic acids is 1. The van der Waals surface area contributed by atoms with Gasteiger partial charge in [-0.15, -0.1) is 0 Å². The van der Waals surface area contributed by atoms with Crippen LogP contribution in [0.25, 0.3) is 0 Å². The summed E-state index contributed by atoms with van der Waals surface area (Å²) in [5.74, 6) is -0.661. The molecule has 0 radical (unpaired) electrons. The van der Waals surface area contributed by atoms with E-state index in [4.69, 9.17) is 16.0 Å². The van der Waals surface area contributed by atoms with E-state index >= 15 is 0 Å². The molecule has 6 heteroatoms. The standard InChI is InChI=1S/C17H18ClNO4/c1-8-5-6-13(12(18)7-8)19-15(17(21)22)16-9(2)14(10(3)20)11(4)23-16/h5-7,15,19H,1-4H3,(H,21,22). The molecule has 0 saturated carbocycles. The number of ketones is 1. The zero-order valence-corrected chi connectivity index (χ0v) is 14.1. The second-order valence-electron chi connectivity index (χ2n) is 5.48. The molecule has 2 aromatic rings. The summed E-state index contributed by atoms with van der Waals surface area (Å²) in [6.45, 7) is 6.64. The van der Waals surface area contributed by atoms with Gasteiger partial charge in [0.15, 0.2) is 11.8 Å². The number of rotatable bonds is 5. The van der Waals surface area contributed by atoms with Crippen molar-refractivity contribution in [1.29, 1.82) is 0 Å². The van der Waals surface area contributed by atoms with Crippen LogP contribution in [0.4, 0.5) is 5.69 Å². The molecule has 0 amide bonds. The maximum absolute atomic E-state index is 11.7. The van der Waals surface area contributed by atoms with E-state index in [1.807, 2.05) is 13.0 Å². The smallest absolute Gasteiger partial charge is 0.334 e. The molecule has 23 heavy (non-hydrogen) atoms. The summed E-state index contributed by atoms with van der Waals surface area (Å²) in [6, 6.07) is 4.14. The lowest BCUT2D eigenvalue weighted by Gasteiger charge is -2.16. The summed E-state index contributed by atoms with van der Waals surface area (Å²) in [4.78, 5) is 23.4. The first-order valence-corrected chi connectivity index (χ1v) is 7.46. The molecule has 2 rings (SSSR count). The number of benzene rings is 1. The largest absolute Gasteiger partial charge is 0.479 e. The van der Waals surface area contributed by atoms with Crippen molar-refractivity contribution in [3.63, 3.8) is 0 Å². The monoisotopic (exact) mass is 335 g/mol. The fourth-order valence-electron chi connectivity index (χ4n) is 2.60. The highest BCUT2D eigenvalue weighted by Crippen LogP contribution is 2.32. The van der Waals surface area contributed by atoms with Crippen LogP contribution in [0, 0.1) is 20.8 Å². The quantitative estimate of drug-likeness (QED) is 0.796. The molecule has 0 bridgehead atoms. The molecule has 0 aliphatic rings. The molecular weight excluding hydrogens is 318 g/mol. The molecular formula is C17H18ClNO4. The van der Waals surface area contributed by atoms with Crippen molar-refractivity contribution in [2.45, 2.75) is 33.7 Å². The molecule has 5 nitrogen and oxygen atoms in total. The molecule has 0 spiro atoms. The second-order valence-corrected chi connectivity index (χ2v) is 5.88. The number of anilines is 1. The van der Waals surface area contributed by atoms with Gasteiger partial charge in [0.2, 0.25) is 0 Å². The summed E-state index contributed by atoms with van der Waals surface area (Å²) >= 11 is 6.15. The Morgan fingerprint density at radius 2 is 1.91 bits per heavy atom. The van der Waals surface area contributed by atoms with Crippen molar-refractivity contribution in [2.24, 2.45) is 0 Å². The zero-order valence-electron chi connectivity index (χ0n) is 13.4. The molecule has 1 heterocycles. The highest BCUT2D eigenvalue weighted by molar-refractivity contribution is 6.33. The van der Waals surface area contributed by atoms with Gasteiger partial charge in [0, 0.05) is 5.56 Å². The summed E-state index contributed by atoms with van der Waals surface area (Å²) < 4.78 is 5.56. The molecule has 2 N–H and O–H groups in total. The van der Waals surface area contributed by atoms with Gasteiger partial charge in [0.25, 0.3) is 0 Å². The second kappa shape index (κ2) is 6.46. The number of hydrogen-bond donors (Lipinski definition) is 2. The van der Waals surface area contributed by atoms with Crippen LogP contribution in [-0.4, -0.2) is 16.9 Å². The van der Waals surface area contributed by atoms with Gasteiger partial charge in [-0.2, -0.15) is 0 Å². The fourth-order valence-corrected chi connectivity index (χ4v) is 2.89. The minimum absolute atomic E-state index is 0.160. The average molecular weight is 336 g/mol. The van der Waals surface area contributed by atoms with Crippen LogP contribution in [0.3, 0.4) is 0 Å². The van der Waals surface area contributed by atoms with E-state index in [2.05, 4.69) is 5.32 Å². The summed E-state index contributed by atoms with van der Waals surface area (Å²) in [5.41, 5.74) is 2.40. The van der Waals surface area contributed by atoms with Crippen molar-refractivity contribution in [3.8, 4) is 0 Å². The van der Waals surface area contributed by atoms with E-state index < -0.39 is 12.0 Å². The van der Waals surface area contributed by atoms with Crippen LogP contribution in [0.5, 0.6) is 0 Å². The van der Waals surface area contributed by atoms with Crippen LogP contribution in [0.15, 0.2) is 22.6 Å². The summed E-state index contributed by atoms with van der Waals surface area (Å²) in [7, 11) is 0. The first kappa shape index (κ1) is 17.1. The number of hydrogen-bond acceptors (Lipinski definition) is 4. The Morgan fingerprint density at radius 1 is 1.26 bits per heavy atom. The SMILES string of the molecule is CC(=O)c1c(C)oc(C(Nc2ccc(C)cc2Cl)C(=O)O)c1C. The molecule has 0 fully saturated rings. The van der Waals surface area contributed by atoms with Crippen LogP contribution in [0.2, 0.25) is 5.02 Å². The van der Waals surface area contributed by atoms with Gasteiger partial charge in [-0.05, 0) is 45.4 Å². The fraction of sp³-hybridized carbons (Fsp3) is 0.294. The highest BCUT2D eigenvalue weighted by Gasteiger charge is 2.29. The third-order valence-electron chi connectivity index (χ3n) is 3.65. The van der Waals surface area contributed by atoms with E-state index in [9.17, 15) is 14.7 Å². The number of aliphatic carboxylic acids is 1. The number of carbonyl (C=O) groups excluding carboxylic acids is 1. The molecule has 1 atom stereocenters. The van der Waals surface area contributed by atoms with Crippen LogP contribution >= 0.6 is 11.6 Å². The first-order valence-electron chi connectivity index (χ1n) is 7.08. The molecule has 0 aliphatic carbocycles. The van der Waals surface area contributed by atoms with Gasteiger partial charge in [-0.1, -0.05) is 17.7 Å². The van der Waals surface area contributed by atoms with Gasteiger partial charge >= 0.3 is 5.97 Å². The molecule has 0 saturated heterocycles. The van der Waals surface area contributed by atoms with Crippen molar-refractivity contribution >= 4 is 29.0 Å². The van der Waals surface area contributed by atoms with Gasteiger partial charge in [-0.3, -0.25) is 4.79 Å². The zero-order chi connectivity index (χ0) is 17.3. The summed E-state index contributed by atoms with van der Waals surface area (Å²) in [5, 5.41) is 12.8. The predicted molar refractivity (Wildman–Crippen MR) is 88.4 cm³/mol. The first-order chi connectivity index (χ1) is 10.7. The van der Waals surface area contributed by atoms with E-state index in [1.165, 1.54) is 6.92 Å². The van der Waals surface area contributed by atoms with E-state index in [0.717, 1.165) is 5.56 Å². The lowest BCUT2D eigenvalue weighted by Crippen LogP contribution is -2.21. The number of Topliss-reactive ketones (excluding diaryl/α,β-unsaturated/α-hetero) is 1. The van der Waals surface area contributed by atoms with E-state index in [0.29, 0.717) is 27.6 Å². The Labute approximate surface area is 139 Å². The van der Waals surface area contributed by atoms with E-state index in [-0.39, 0.29) is 11.5 Å². The third kappa shape index (κ3) is 3.40. The Balaban J connectivity index is 2.46. The Morgan fingerprint density at radius 3 is 2.39 bits per heavy atom. The average Bonchev–Trinajstić information content (AvgIpc) is 2.72. The maximum atomic E-state index is 11.7. The number of halogens is 1. The molecule has 1 aromatic heterocycles. The van der Waals surface area contributed by atoms with Gasteiger partial charge in [0.05, 0.1) is 16.3 Å². The van der Waals surface area contributed by atoms with Crippen LogP contribution < -0.4 is 5.32 Å². The van der Waals surface area contributed by atoms with E-state index in [1.54, 1.807) is 26.0 Å². The number of carbonyl (C=O) groups is 2. The molecule has 1 unspecified atom stereocenters. The molecule has 0 aliphatic heterocycles. The Kier molecular flexibility index (Phi) is 4.80. The highest BCUT2D eigenvalue weighted by atomic mass is 35.5. The van der Waals surface area contributed by atoms with Crippen LogP contribution in [-0.2, 0) is 4.79 Å². The predicted octanol–water partition coefficient (Wildman–Crippen LogP) is 4.30. The third-order valence-corrected chi connectivity index (χ3v) is 3.96.